The van der Waals surface area contributed by atoms with E-state index >= 15 is 0 Å². The Kier molecular flexibility index (Phi) is 7.11. The Morgan fingerprint density at radius 1 is 1.41 bits per heavy atom. The first-order valence-corrected chi connectivity index (χ1v) is 7.70. The molecule has 0 fully saturated rings. The zero-order valence-electron chi connectivity index (χ0n) is 10.3. The van der Waals surface area contributed by atoms with Crippen molar-refractivity contribution in [3.05, 3.63) is 28.5 Å². The zero-order chi connectivity index (χ0) is 12.7. The lowest BCUT2D eigenvalue weighted by molar-refractivity contribution is 0.574. The summed E-state index contributed by atoms with van der Waals surface area (Å²) < 4.78 is 1.01. The van der Waals surface area contributed by atoms with Gasteiger partial charge >= 0.3 is 0 Å². The lowest BCUT2D eigenvalue weighted by Crippen LogP contribution is -2.38. The maximum Gasteiger partial charge on any atom is 0.0410 e. The van der Waals surface area contributed by atoms with Gasteiger partial charge in [-0.15, -0.1) is 0 Å². The maximum atomic E-state index is 5.58. The molecule has 5 heteroatoms. The van der Waals surface area contributed by atoms with Crippen molar-refractivity contribution in [2.75, 3.05) is 11.5 Å². The van der Waals surface area contributed by atoms with Crippen LogP contribution in [0.2, 0.25) is 0 Å². The van der Waals surface area contributed by atoms with Gasteiger partial charge in [0.2, 0.25) is 0 Å². The van der Waals surface area contributed by atoms with E-state index in [0.29, 0.717) is 6.04 Å². The quantitative estimate of drug-likeness (QED) is 0.599. The molecule has 0 amide bonds. The molecule has 1 atom stereocenters. The molecule has 1 aromatic rings. The molecule has 1 unspecified atom stereocenters. The van der Waals surface area contributed by atoms with Gasteiger partial charge in [-0.2, -0.15) is 11.8 Å². The monoisotopic (exact) mass is 317 g/mol. The van der Waals surface area contributed by atoms with E-state index in [0.717, 1.165) is 22.6 Å². The van der Waals surface area contributed by atoms with Crippen molar-refractivity contribution in [2.24, 2.45) is 11.8 Å². The number of pyridine rings is 1. The summed E-state index contributed by atoms with van der Waals surface area (Å²) in [6.45, 7) is 4.46. The van der Waals surface area contributed by atoms with Crippen LogP contribution in [0.3, 0.4) is 0 Å². The summed E-state index contributed by atoms with van der Waals surface area (Å²) in [5.41, 5.74) is 4.08. The molecular formula is C12H20BrN3S. The van der Waals surface area contributed by atoms with Gasteiger partial charge in [0.05, 0.1) is 0 Å². The van der Waals surface area contributed by atoms with E-state index in [1.165, 1.54) is 11.3 Å². The van der Waals surface area contributed by atoms with Gasteiger partial charge < -0.3 is 0 Å². The van der Waals surface area contributed by atoms with Crippen molar-refractivity contribution in [1.82, 2.24) is 10.4 Å². The smallest absolute Gasteiger partial charge is 0.0410 e. The number of nitrogens with one attached hydrogen (secondary N) is 1. The molecule has 1 heterocycles. The molecule has 3 N–H and O–H groups in total. The molecule has 0 bridgehead atoms. The Bertz CT molecular complexity index is 333. The van der Waals surface area contributed by atoms with Crippen LogP contribution in [0.5, 0.6) is 0 Å². The third-order valence-electron chi connectivity index (χ3n) is 2.25. The standard InChI is InChI=1S/C12H20BrN3S/c1-9(2)7-17-8-12(16-14)4-10-3-11(13)6-15-5-10/h3,5-6,9,12,16H,4,7-8,14H2,1-2H3. The predicted octanol–water partition coefficient (Wildman–Crippen LogP) is 2.61. The van der Waals surface area contributed by atoms with Crippen LogP contribution in [0.1, 0.15) is 19.4 Å². The van der Waals surface area contributed by atoms with Crippen LogP contribution in [0.15, 0.2) is 22.9 Å². The van der Waals surface area contributed by atoms with Gasteiger partial charge in [0.15, 0.2) is 0 Å². The predicted molar refractivity (Wildman–Crippen MR) is 78.9 cm³/mol. The molecule has 0 spiro atoms. The fourth-order valence-corrected chi connectivity index (χ4v) is 2.98. The summed E-state index contributed by atoms with van der Waals surface area (Å²) in [6.07, 6.45) is 4.60. The largest absolute Gasteiger partial charge is 0.271 e. The summed E-state index contributed by atoms with van der Waals surface area (Å²) in [5.74, 6) is 8.51. The van der Waals surface area contributed by atoms with Crippen molar-refractivity contribution < 1.29 is 0 Å². The second-order valence-electron chi connectivity index (χ2n) is 4.51. The van der Waals surface area contributed by atoms with E-state index in [4.69, 9.17) is 5.84 Å². The first-order chi connectivity index (χ1) is 8.11. The number of hydrazine groups is 1. The van der Waals surface area contributed by atoms with Gasteiger partial charge in [-0.05, 0) is 45.7 Å². The molecular weight excluding hydrogens is 298 g/mol. The number of hydrogen-bond acceptors (Lipinski definition) is 4. The summed E-state index contributed by atoms with van der Waals surface area (Å²) in [7, 11) is 0. The molecule has 0 aromatic carbocycles. The Morgan fingerprint density at radius 2 is 2.18 bits per heavy atom. The van der Waals surface area contributed by atoms with Crippen molar-refractivity contribution in [3.8, 4) is 0 Å². The highest BCUT2D eigenvalue weighted by Gasteiger charge is 2.09. The highest BCUT2D eigenvalue weighted by atomic mass is 79.9. The summed E-state index contributed by atoms with van der Waals surface area (Å²) in [4.78, 5) is 4.16. The Balaban J connectivity index is 2.41. The average molecular weight is 318 g/mol. The van der Waals surface area contributed by atoms with Crippen molar-refractivity contribution >= 4 is 27.7 Å². The summed E-state index contributed by atoms with van der Waals surface area (Å²) in [6, 6.07) is 2.39. The minimum absolute atomic E-state index is 0.301. The van der Waals surface area contributed by atoms with Crippen LogP contribution in [0.25, 0.3) is 0 Å². The molecule has 0 aliphatic carbocycles. The minimum atomic E-state index is 0.301. The van der Waals surface area contributed by atoms with E-state index in [9.17, 15) is 0 Å². The van der Waals surface area contributed by atoms with Gasteiger partial charge in [-0.3, -0.25) is 16.3 Å². The van der Waals surface area contributed by atoms with Gasteiger partial charge in [0, 0.05) is 28.7 Å². The van der Waals surface area contributed by atoms with E-state index in [1.54, 1.807) is 6.20 Å². The highest BCUT2D eigenvalue weighted by molar-refractivity contribution is 9.10. The average Bonchev–Trinajstić information content (AvgIpc) is 2.27. The van der Waals surface area contributed by atoms with Gasteiger partial charge in [0.1, 0.15) is 0 Å². The fourth-order valence-electron chi connectivity index (χ4n) is 1.46. The molecule has 3 nitrogen and oxygen atoms in total. The maximum absolute atomic E-state index is 5.58. The molecule has 0 radical (unpaired) electrons. The molecule has 0 aliphatic rings. The van der Waals surface area contributed by atoms with E-state index in [-0.39, 0.29) is 0 Å². The van der Waals surface area contributed by atoms with Crippen molar-refractivity contribution in [2.45, 2.75) is 26.3 Å². The van der Waals surface area contributed by atoms with Crippen molar-refractivity contribution in [1.29, 1.82) is 0 Å². The lowest BCUT2D eigenvalue weighted by Gasteiger charge is -2.16. The normalized spacial score (nSPS) is 13.0. The molecule has 1 rings (SSSR count). The zero-order valence-corrected chi connectivity index (χ0v) is 12.7. The molecule has 96 valence electrons. The van der Waals surface area contributed by atoms with Gasteiger partial charge in [0.25, 0.3) is 0 Å². The number of rotatable bonds is 7. The number of halogens is 1. The number of hydrogen-bond donors (Lipinski definition) is 2. The Morgan fingerprint density at radius 3 is 2.76 bits per heavy atom. The molecule has 17 heavy (non-hydrogen) atoms. The van der Waals surface area contributed by atoms with Crippen LogP contribution in [0.4, 0.5) is 0 Å². The highest BCUT2D eigenvalue weighted by Crippen LogP contribution is 2.14. The number of nitrogens with two attached hydrogens (primary N) is 1. The summed E-state index contributed by atoms with van der Waals surface area (Å²) in [5, 5.41) is 0. The first-order valence-electron chi connectivity index (χ1n) is 5.75. The van der Waals surface area contributed by atoms with Crippen molar-refractivity contribution in [3.63, 3.8) is 0 Å². The lowest BCUT2D eigenvalue weighted by atomic mass is 10.1. The van der Waals surface area contributed by atoms with Crippen LogP contribution in [-0.2, 0) is 6.42 Å². The number of thioether (sulfide) groups is 1. The van der Waals surface area contributed by atoms with Crippen LogP contribution in [-0.4, -0.2) is 22.5 Å². The SMILES string of the molecule is CC(C)CSCC(Cc1cncc(Br)c1)NN. The summed E-state index contributed by atoms with van der Waals surface area (Å²) >= 11 is 5.37. The number of nitrogens with zero attached hydrogens (tertiary/aromatic N) is 1. The Labute approximate surface area is 116 Å². The third kappa shape index (κ3) is 6.41. The van der Waals surface area contributed by atoms with Crippen LogP contribution in [0, 0.1) is 5.92 Å². The Hall–Kier alpha value is -0.100. The minimum Gasteiger partial charge on any atom is -0.271 e. The van der Waals surface area contributed by atoms with Crippen LogP contribution < -0.4 is 11.3 Å². The molecule has 0 saturated carbocycles. The molecule has 1 aromatic heterocycles. The van der Waals surface area contributed by atoms with Gasteiger partial charge in [-0.1, -0.05) is 13.8 Å². The second-order valence-corrected chi connectivity index (χ2v) is 6.50. The molecule has 0 saturated heterocycles. The van der Waals surface area contributed by atoms with E-state index < -0.39 is 0 Å². The van der Waals surface area contributed by atoms with E-state index in [2.05, 4.69) is 46.3 Å². The number of aromatic nitrogens is 1. The van der Waals surface area contributed by atoms with Gasteiger partial charge in [-0.25, -0.2) is 0 Å². The third-order valence-corrected chi connectivity index (χ3v) is 4.22. The van der Waals surface area contributed by atoms with E-state index in [1.807, 2.05) is 18.0 Å². The second kappa shape index (κ2) is 8.08. The molecule has 0 aliphatic heterocycles. The van der Waals surface area contributed by atoms with Crippen LogP contribution >= 0.6 is 27.7 Å². The first kappa shape index (κ1) is 15.0. The fraction of sp³-hybridized carbons (Fsp3) is 0.583. The topological polar surface area (TPSA) is 50.9 Å².